The zero-order chi connectivity index (χ0) is 16.8. The number of benzene rings is 2. The topological polar surface area (TPSA) is 9.72 Å². The fraction of sp³-hybridized carbons (Fsp3) is 0.333. The van der Waals surface area contributed by atoms with Crippen LogP contribution in [-0.4, -0.2) is 27.2 Å². The molecule has 0 saturated carbocycles. The van der Waals surface area contributed by atoms with E-state index in [-0.39, 0.29) is 0 Å². The summed E-state index contributed by atoms with van der Waals surface area (Å²) in [6.07, 6.45) is 1.07. The molecule has 24 heavy (non-hydrogen) atoms. The summed E-state index contributed by atoms with van der Waals surface area (Å²) in [4.78, 5) is 7.02. The van der Waals surface area contributed by atoms with Gasteiger partial charge in [0, 0.05) is 50.7 Å². The van der Waals surface area contributed by atoms with Gasteiger partial charge in [0.05, 0.1) is 11.4 Å². The summed E-state index contributed by atoms with van der Waals surface area (Å²) in [5.74, 6) is 0. The second-order valence-electron chi connectivity index (χ2n) is 6.89. The highest BCUT2D eigenvalue weighted by atomic mass is 15.2. The fourth-order valence-electron chi connectivity index (χ4n) is 3.76. The summed E-state index contributed by atoms with van der Waals surface area (Å²) in [6.45, 7) is 9.63. The second-order valence-corrected chi connectivity index (χ2v) is 6.89. The van der Waals surface area contributed by atoms with Gasteiger partial charge in [0.1, 0.15) is 0 Å². The number of rotatable bonds is 2. The summed E-state index contributed by atoms with van der Waals surface area (Å²) in [6, 6.07) is 13.6. The molecule has 0 N–H and O–H groups in total. The number of nitrogens with zero attached hydrogens (tertiary/aromatic N) is 3. The zero-order valence-electron chi connectivity index (χ0n) is 14.8. The van der Waals surface area contributed by atoms with Crippen LogP contribution in [0.15, 0.2) is 43.0 Å². The standard InChI is InChI=1S/C21H25N3/c1-5-16-6-7-17-14-24(15(2)19(17)12-16)18-8-9-20-21(13-18)23(4)11-10-22(20)3/h6-9,12-13H,2,5,10-11,14H2,1,3-4H3. The van der Waals surface area contributed by atoms with Gasteiger partial charge in [-0.05, 0) is 41.8 Å². The van der Waals surface area contributed by atoms with Crippen molar-refractivity contribution in [3.63, 3.8) is 0 Å². The van der Waals surface area contributed by atoms with Crippen molar-refractivity contribution in [3.05, 3.63) is 59.7 Å². The SMILES string of the molecule is C=C1c2cc(CC)ccc2CN1c1ccc2c(c1)N(C)CCN2C. The Morgan fingerprint density at radius 3 is 2.46 bits per heavy atom. The van der Waals surface area contributed by atoms with Crippen LogP contribution in [-0.2, 0) is 13.0 Å². The predicted octanol–water partition coefficient (Wildman–Crippen LogP) is 4.13. The largest absolute Gasteiger partial charge is 0.371 e. The molecule has 2 heterocycles. The molecule has 0 atom stereocenters. The number of hydrogen-bond donors (Lipinski definition) is 0. The minimum atomic E-state index is 0.913. The number of anilines is 3. The monoisotopic (exact) mass is 319 g/mol. The maximum absolute atomic E-state index is 4.38. The maximum atomic E-state index is 4.38. The van der Waals surface area contributed by atoms with Crippen LogP contribution in [0.2, 0.25) is 0 Å². The third-order valence-electron chi connectivity index (χ3n) is 5.41. The minimum Gasteiger partial charge on any atom is -0.371 e. The average Bonchev–Trinajstić information content (AvgIpc) is 2.94. The Hall–Kier alpha value is -2.42. The van der Waals surface area contributed by atoms with Gasteiger partial charge in [-0.1, -0.05) is 25.6 Å². The molecule has 0 saturated heterocycles. The van der Waals surface area contributed by atoms with E-state index < -0.39 is 0 Å². The van der Waals surface area contributed by atoms with Crippen LogP contribution in [0.1, 0.15) is 23.6 Å². The van der Waals surface area contributed by atoms with E-state index in [4.69, 9.17) is 0 Å². The first-order chi connectivity index (χ1) is 11.6. The number of aryl methyl sites for hydroxylation is 1. The van der Waals surface area contributed by atoms with Crippen LogP contribution < -0.4 is 14.7 Å². The van der Waals surface area contributed by atoms with Crippen molar-refractivity contribution in [2.45, 2.75) is 19.9 Å². The van der Waals surface area contributed by atoms with Gasteiger partial charge >= 0.3 is 0 Å². The third-order valence-corrected chi connectivity index (χ3v) is 5.41. The maximum Gasteiger partial charge on any atom is 0.0622 e. The Labute approximate surface area is 144 Å². The van der Waals surface area contributed by atoms with Gasteiger partial charge in [0.25, 0.3) is 0 Å². The molecule has 0 amide bonds. The summed E-state index contributed by atoms with van der Waals surface area (Å²) < 4.78 is 0. The molecule has 0 bridgehead atoms. The first-order valence-electron chi connectivity index (χ1n) is 8.73. The van der Waals surface area contributed by atoms with Gasteiger partial charge in [-0.25, -0.2) is 0 Å². The van der Waals surface area contributed by atoms with Crippen molar-refractivity contribution in [3.8, 4) is 0 Å². The number of likely N-dealkylation sites (N-methyl/N-ethyl adjacent to an activating group) is 2. The predicted molar refractivity (Wildman–Crippen MR) is 104 cm³/mol. The lowest BCUT2D eigenvalue weighted by Gasteiger charge is -2.35. The average molecular weight is 319 g/mol. The summed E-state index contributed by atoms with van der Waals surface area (Å²) >= 11 is 0. The van der Waals surface area contributed by atoms with Crippen LogP contribution in [0.5, 0.6) is 0 Å². The van der Waals surface area contributed by atoms with Crippen molar-refractivity contribution < 1.29 is 0 Å². The molecule has 2 aromatic carbocycles. The lowest BCUT2D eigenvalue weighted by molar-refractivity contribution is 0.797. The van der Waals surface area contributed by atoms with Crippen LogP contribution in [0.3, 0.4) is 0 Å². The van der Waals surface area contributed by atoms with E-state index in [1.807, 2.05) is 0 Å². The Morgan fingerprint density at radius 2 is 1.71 bits per heavy atom. The highest BCUT2D eigenvalue weighted by Gasteiger charge is 2.25. The molecule has 0 unspecified atom stereocenters. The van der Waals surface area contributed by atoms with Crippen LogP contribution in [0.25, 0.3) is 5.70 Å². The molecule has 2 aliphatic heterocycles. The summed E-state index contributed by atoms with van der Waals surface area (Å²) in [5.41, 5.74) is 9.02. The van der Waals surface area contributed by atoms with Crippen LogP contribution in [0, 0.1) is 0 Å². The number of fused-ring (bicyclic) bond motifs is 2. The van der Waals surface area contributed by atoms with Gasteiger partial charge in [0.2, 0.25) is 0 Å². The Bertz CT molecular complexity index is 809. The van der Waals surface area contributed by atoms with Gasteiger partial charge < -0.3 is 14.7 Å². The smallest absolute Gasteiger partial charge is 0.0622 e. The minimum absolute atomic E-state index is 0.913. The van der Waals surface area contributed by atoms with Crippen molar-refractivity contribution in [2.75, 3.05) is 41.9 Å². The van der Waals surface area contributed by atoms with Crippen LogP contribution >= 0.6 is 0 Å². The quantitative estimate of drug-likeness (QED) is 0.824. The molecule has 0 aromatic heterocycles. The fourth-order valence-corrected chi connectivity index (χ4v) is 3.76. The molecule has 3 heteroatoms. The van der Waals surface area contributed by atoms with E-state index >= 15 is 0 Å². The third kappa shape index (κ3) is 2.27. The second kappa shape index (κ2) is 5.59. The van der Waals surface area contributed by atoms with E-state index in [9.17, 15) is 0 Å². The molecule has 124 valence electrons. The molecule has 2 aliphatic rings. The van der Waals surface area contributed by atoms with E-state index in [1.54, 1.807) is 0 Å². The van der Waals surface area contributed by atoms with Crippen LogP contribution in [0.4, 0.5) is 17.1 Å². The van der Waals surface area contributed by atoms with Crippen molar-refractivity contribution in [1.82, 2.24) is 0 Å². The Balaban J connectivity index is 1.71. The Morgan fingerprint density at radius 1 is 0.958 bits per heavy atom. The molecule has 0 radical (unpaired) electrons. The van der Waals surface area contributed by atoms with Crippen molar-refractivity contribution in [2.24, 2.45) is 0 Å². The highest BCUT2D eigenvalue weighted by Crippen LogP contribution is 2.40. The molecule has 4 rings (SSSR count). The van der Waals surface area contributed by atoms with Gasteiger partial charge in [-0.2, -0.15) is 0 Å². The number of hydrogen-bond acceptors (Lipinski definition) is 3. The Kier molecular flexibility index (Phi) is 3.52. The molecule has 2 aromatic rings. The lowest BCUT2D eigenvalue weighted by atomic mass is 10.0. The molecular weight excluding hydrogens is 294 g/mol. The highest BCUT2D eigenvalue weighted by molar-refractivity contribution is 5.87. The summed E-state index contributed by atoms with van der Waals surface area (Å²) in [5, 5.41) is 0. The van der Waals surface area contributed by atoms with Gasteiger partial charge in [-0.15, -0.1) is 0 Å². The summed E-state index contributed by atoms with van der Waals surface area (Å²) in [7, 11) is 4.35. The normalized spacial score (nSPS) is 16.5. The first-order valence-corrected chi connectivity index (χ1v) is 8.73. The molecule has 0 spiro atoms. The molecule has 0 fully saturated rings. The molecule has 0 aliphatic carbocycles. The molecule has 3 nitrogen and oxygen atoms in total. The zero-order valence-corrected chi connectivity index (χ0v) is 14.8. The molecular formula is C21H25N3. The van der Waals surface area contributed by atoms with E-state index in [0.29, 0.717) is 0 Å². The van der Waals surface area contributed by atoms with Gasteiger partial charge in [-0.3, -0.25) is 0 Å². The van der Waals surface area contributed by atoms with Crippen molar-refractivity contribution >= 4 is 22.8 Å². The van der Waals surface area contributed by atoms with Crippen molar-refractivity contribution in [1.29, 1.82) is 0 Å². The lowest BCUT2D eigenvalue weighted by Crippen LogP contribution is -2.36. The van der Waals surface area contributed by atoms with E-state index in [2.05, 4.69) is 78.7 Å². The van der Waals surface area contributed by atoms with E-state index in [0.717, 1.165) is 31.8 Å². The van der Waals surface area contributed by atoms with E-state index in [1.165, 1.54) is 33.8 Å². The van der Waals surface area contributed by atoms with Gasteiger partial charge in [0.15, 0.2) is 0 Å². The first kappa shape index (κ1) is 15.1.